The zero-order valence-corrected chi connectivity index (χ0v) is 12.0. The standard InChI is InChI=1S/C14H18FN3O3/c1-8(19)17-9-3-4-18(7-9)13-5-10(14(20)21-2)12(16)6-11(13)15/h5-6,9H,3-4,7,16H2,1-2H3,(H,17,19). The lowest BCUT2D eigenvalue weighted by Crippen LogP contribution is -2.35. The van der Waals surface area contributed by atoms with Crippen molar-refractivity contribution in [2.24, 2.45) is 0 Å². The van der Waals surface area contributed by atoms with E-state index in [1.54, 1.807) is 4.90 Å². The molecule has 0 spiro atoms. The van der Waals surface area contributed by atoms with Crippen LogP contribution in [0.4, 0.5) is 15.8 Å². The van der Waals surface area contributed by atoms with Crippen LogP contribution in [0.3, 0.4) is 0 Å². The molecule has 1 aliphatic heterocycles. The second-order valence-electron chi connectivity index (χ2n) is 5.01. The number of carbonyl (C=O) groups excluding carboxylic acids is 2. The largest absolute Gasteiger partial charge is 0.465 e. The number of hydrogen-bond donors (Lipinski definition) is 2. The third-order valence-corrected chi connectivity index (χ3v) is 3.46. The molecular formula is C14H18FN3O3. The summed E-state index contributed by atoms with van der Waals surface area (Å²) in [4.78, 5) is 24.5. The Morgan fingerprint density at radius 3 is 2.81 bits per heavy atom. The zero-order valence-electron chi connectivity index (χ0n) is 12.0. The number of rotatable bonds is 3. The Hall–Kier alpha value is -2.31. The van der Waals surface area contributed by atoms with Crippen LogP contribution in [-0.2, 0) is 9.53 Å². The first-order chi connectivity index (χ1) is 9.92. The smallest absolute Gasteiger partial charge is 0.340 e. The van der Waals surface area contributed by atoms with Gasteiger partial charge in [0.2, 0.25) is 5.91 Å². The van der Waals surface area contributed by atoms with Gasteiger partial charge in [-0.2, -0.15) is 0 Å². The summed E-state index contributed by atoms with van der Waals surface area (Å²) in [5.74, 6) is -1.22. The molecule has 3 N–H and O–H groups in total. The molecule has 1 aromatic carbocycles. The number of esters is 1. The van der Waals surface area contributed by atoms with E-state index in [4.69, 9.17) is 5.73 Å². The molecule has 1 aliphatic rings. The van der Waals surface area contributed by atoms with Gasteiger partial charge >= 0.3 is 5.97 Å². The van der Waals surface area contributed by atoms with E-state index in [0.29, 0.717) is 13.1 Å². The average Bonchev–Trinajstić information content (AvgIpc) is 2.85. The fraction of sp³-hybridized carbons (Fsp3) is 0.429. The topological polar surface area (TPSA) is 84.7 Å². The van der Waals surface area contributed by atoms with Gasteiger partial charge in [0.25, 0.3) is 0 Å². The summed E-state index contributed by atoms with van der Waals surface area (Å²) < 4.78 is 18.7. The van der Waals surface area contributed by atoms with E-state index in [1.807, 2.05) is 0 Å². The third-order valence-electron chi connectivity index (χ3n) is 3.46. The molecule has 1 atom stereocenters. The van der Waals surface area contributed by atoms with Gasteiger partial charge in [-0.25, -0.2) is 9.18 Å². The fourth-order valence-corrected chi connectivity index (χ4v) is 2.49. The number of carbonyl (C=O) groups is 2. The van der Waals surface area contributed by atoms with Crippen molar-refractivity contribution in [2.45, 2.75) is 19.4 Å². The molecule has 0 saturated carbocycles. The van der Waals surface area contributed by atoms with E-state index in [9.17, 15) is 14.0 Å². The molecule has 1 heterocycles. The summed E-state index contributed by atoms with van der Waals surface area (Å²) in [5.41, 5.74) is 6.11. The summed E-state index contributed by atoms with van der Waals surface area (Å²) in [6.45, 7) is 2.52. The Morgan fingerprint density at radius 1 is 1.48 bits per heavy atom. The first-order valence-electron chi connectivity index (χ1n) is 6.61. The van der Waals surface area contributed by atoms with Crippen LogP contribution in [0.15, 0.2) is 12.1 Å². The lowest BCUT2D eigenvalue weighted by Gasteiger charge is -2.20. The van der Waals surface area contributed by atoms with Gasteiger partial charge in [-0.3, -0.25) is 4.79 Å². The molecule has 6 nitrogen and oxygen atoms in total. The van der Waals surface area contributed by atoms with Crippen molar-refractivity contribution in [3.05, 3.63) is 23.5 Å². The average molecular weight is 295 g/mol. The highest BCUT2D eigenvalue weighted by molar-refractivity contribution is 5.96. The number of nitrogens with zero attached hydrogens (tertiary/aromatic N) is 1. The van der Waals surface area contributed by atoms with Crippen molar-refractivity contribution in [2.75, 3.05) is 30.8 Å². The number of hydrogen-bond acceptors (Lipinski definition) is 5. The number of methoxy groups -OCH3 is 1. The Labute approximate surface area is 122 Å². The van der Waals surface area contributed by atoms with Crippen molar-refractivity contribution >= 4 is 23.3 Å². The van der Waals surface area contributed by atoms with Crippen LogP contribution in [0.1, 0.15) is 23.7 Å². The van der Waals surface area contributed by atoms with Gasteiger partial charge in [0, 0.05) is 31.7 Å². The molecule has 1 aromatic rings. The van der Waals surface area contributed by atoms with Crippen LogP contribution < -0.4 is 16.0 Å². The number of amides is 1. The van der Waals surface area contributed by atoms with Crippen LogP contribution in [0.25, 0.3) is 0 Å². The monoisotopic (exact) mass is 295 g/mol. The minimum absolute atomic E-state index is 0.0268. The predicted octanol–water partition coefficient (Wildman–Crippen LogP) is 0.909. The molecule has 1 unspecified atom stereocenters. The van der Waals surface area contributed by atoms with Gasteiger partial charge in [0.15, 0.2) is 0 Å². The number of nitrogen functional groups attached to an aromatic ring is 1. The third kappa shape index (κ3) is 3.24. The van der Waals surface area contributed by atoms with Gasteiger partial charge < -0.3 is 20.7 Å². The van der Waals surface area contributed by atoms with Crippen molar-refractivity contribution in [3.63, 3.8) is 0 Å². The molecule has 7 heteroatoms. The maximum atomic E-state index is 14.1. The molecule has 21 heavy (non-hydrogen) atoms. The molecule has 1 fully saturated rings. The zero-order chi connectivity index (χ0) is 15.6. The van der Waals surface area contributed by atoms with Crippen LogP contribution in [-0.4, -0.2) is 38.1 Å². The van der Waals surface area contributed by atoms with Gasteiger partial charge in [-0.15, -0.1) is 0 Å². The molecule has 1 saturated heterocycles. The first-order valence-corrected chi connectivity index (χ1v) is 6.61. The van der Waals surface area contributed by atoms with Crippen molar-refractivity contribution in [1.82, 2.24) is 5.32 Å². The van der Waals surface area contributed by atoms with Crippen LogP contribution in [0, 0.1) is 5.82 Å². The van der Waals surface area contributed by atoms with E-state index in [1.165, 1.54) is 20.1 Å². The normalized spacial score (nSPS) is 17.7. The molecule has 0 bridgehead atoms. The van der Waals surface area contributed by atoms with Crippen molar-refractivity contribution < 1.29 is 18.7 Å². The number of benzene rings is 1. The van der Waals surface area contributed by atoms with Crippen LogP contribution >= 0.6 is 0 Å². The quantitative estimate of drug-likeness (QED) is 0.639. The minimum Gasteiger partial charge on any atom is -0.465 e. The van der Waals surface area contributed by atoms with Crippen LogP contribution in [0.5, 0.6) is 0 Å². The summed E-state index contributed by atoms with van der Waals surface area (Å²) in [6, 6.07) is 2.49. The summed E-state index contributed by atoms with van der Waals surface area (Å²) in [5, 5.41) is 2.80. The summed E-state index contributed by atoms with van der Waals surface area (Å²) in [7, 11) is 1.24. The number of nitrogens with two attached hydrogens (primary N) is 1. The molecule has 0 aromatic heterocycles. The highest BCUT2D eigenvalue weighted by Crippen LogP contribution is 2.28. The van der Waals surface area contributed by atoms with Crippen molar-refractivity contribution in [1.29, 1.82) is 0 Å². The summed E-state index contributed by atoms with van der Waals surface area (Å²) in [6.07, 6.45) is 0.719. The second-order valence-corrected chi connectivity index (χ2v) is 5.01. The highest BCUT2D eigenvalue weighted by atomic mass is 19.1. The van der Waals surface area contributed by atoms with E-state index in [2.05, 4.69) is 10.1 Å². The van der Waals surface area contributed by atoms with Gasteiger partial charge in [-0.1, -0.05) is 0 Å². The molecule has 2 rings (SSSR count). The van der Waals surface area contributed by atoms with E-state index >= 15 is 0 Å². The Kier molecular flexibility index (Phi) is 4.30. The lowest BCUT2D eigenvalue weighted by molar-refractivity contribution is -0.119. The lowest BCUT2D eigenvalue weighted by atomic mass is 10.1. The first kappa shape index (κ1) is 15.1. The number of halogens is 1. The SMILES string of the molecule is COC(=O)c1cc(N2CCC(NC(C)=O)C2)c(F)cc1N. The van der Waals surface area contributed by atoms with E-state index in [0.717, 1.165) is 12.5 Å². The highest BCUT2D eigenvalue weighted by Gasteiger charge is 2.26. The van der Waals surface area contributed by atoms with Gasteiger partial charge in [-0.05, 0) is 18.6 Å². The van der Waals surface area contributed by atoms with Gasteiger partial charge in [0.1, 0.15) is 5.82 Å². The molecule has 0 aliphatic carbocycles. The van der Waals surface area contributed by atoms with Crippen molar-refractivity contribution in [3.8, 4) is 0 Å². The maximum absolute atomic E-state index is 14.1. The number of ether oxygens (including phenoxy) is 1. The number of anilines is 2. The predicted molar refractivity (Wildman–Crippen MR) is 76.6 cm³/mol. The Morgan fingerprint density at radius 2 is 2.19 bits per heavy atom. The fourth-order valence-electron chi connectivity index (χ4n) is 2.49. The van der Waals surface area contributed by atoms with Gasteiger partial charge in [0.05, 0.1) is 18.4 Å². The van der Waals surface area contributed by atoms with Crippen LogP contribution in [0.2, 0.25) is 0 Å². The summed E-state index contributed by atoms with van der Waals surface area (Å²) >= 11 is 0. The molecule has 1 amide bonds. The molecular weight excluding hydrogens is 277 g/mol. The number of nitrogens with one attached hydrogen (secondary N) is 1. The minimum atomic E-state index is -0.605. The second kappa shape index (κ2) is 5.99. The maximum Gasteiger partial charge on any atom is 0.340 e. The Balaban J connectivity index is 2.24. The molecule has 114 valence electrons. The Bertz CT molecular complexity index is 577. The van der Waals surface area contributed by atoms with E-state index in [-0.39, 0.29) is 28.9 Å². The van der Waals surface area contributed by atoms with E-state index < -0.39 is 11.8 Å². The molecule has 0 radical (unpaired) electrons.